The van der Waals surface area contributed by atoms with Crippen LogP contribution in [0.25, 0.3) is 0 Å². The van der Waals surface area contributed by atoms with Gasteiger partial charge < -0.3 is 0 Å². The normalized spacial score (nSPS) is 14.1. The second-order valence-electron chi connectivity index (χ2n) is 4.11. The summed E-state index contributed by atoms with van der Waals surface area (Å²) in [6.07, 6.45) is 0. The average Bonchev–Trinajstić information content (AvgIpc) is 2.17. The largest absolute Gasteiger partial charge is 0.240 e. The van der Waals surface area contributed by atoms with Crippen molar-refractivity contribution in [2.45, 2.75) is 31.7 Å². The molecule has 0 amide bonds. The van der Waals surface area contributed by atoms with Crippen molar-refractivity contribution in [1.82, 2.24) is 4.72 Å². The molecule has 16 heavy (non-hydrogen) atoms. The average molecular weight is 245 g/mol. The first-order valence-electron chi connectivity index (χ1n) is 5.11. The van der Waals surface area contributed by atoms with Gasteiger partial charge in [-0.25, -0.2) is 17.5 Å². The number of sulfonamides is 1. The van der Waals surface area contributed by atoms with Crippen molar-refractivity contribution >= 4 is 10.0 Å². The monoisotopic (exact) mass is 245 g/mol. The highest BCUT2D eigenvalue weighted by Crippen LogP contribution is 2.12. The molecule has 0 heterocycles. The molecule has 0 aliphatic rings. The van der Waals surface area contributed by atoms with Gasteiger partial charge in [0.1, 0.15) is 5.82 Å². The van der Waals surface area contributed by atoms with Crippen molar-refractivity contribution in [1.29, 1.82) is 0 Å². The van der Waals surface area contributed by atoms with E-state index < -0.39 is 15.8 Å². The number of halogens is 1. The summed E-state index contributed by atoms with van der Waals surface area (Å²) in [5.41, 5.74) is 0. The fourth-order valence-electron chi connectivity index (χ4n) is 1.06. The Balaban J connectivity index is 2.90. The summed E-state index contributed by atoms with van der Waals surface area (Å²) < 4.78 is 38.8. The maximum Gasteiger partial charge on any atom is 0.240 e. The van der Waals surface area contributed by atoms with Crippen LogP contribution in [0.4, 0.5) is 4.39 Å². The van der Waals surface area contributed by atoms with Crippen LogP contribution < -0.4 is 4.72 Å². The van der Waals surface area contributed by atoms with Gasteiger partial charge in [-0.05, 0) is 37.1 Å². The third-order valence-corrected chi connectivity index (χ3v) is 4.04. The molecule has 1 aromatic rings. The Bertz CT molecular complexity index is 440. The fraction of sp³-hybridized carbons (Fsp3) is 0.455. The SMILES string of the molecule is CC(C)[C@@H](C)NS(=O)(=O)c1ccc(F)cc1. The Hall–Kier alpha value is -0.940. The summed E-state index contributed by atoms with van der Waals surface area (Å²) in [6, 6.07) is 4.62. The number of nitrogens with one attached hydrogen (secondary N) is 1. The molecule has 0 spiro atoms. The lowest BCUT2D eigenvalue weighted by Gasteiger charge is -2.17. The van der Waals surface area contributed by atoms with E-state index in [2.05, 4.69) is 4.72 Å². The molecule has 0 unspecified atom stereocenters. The summed E-state index contributed by atoms with van der Waals surface area (Å²) in [5.74, 6) is -0.244. The van der Waals surface area contributed by atoms with Crippen molar-refractivity contribution in [2.75, 3.05) is 0 Å². The van der Waals surface area contributed by atoms with Crippen LogP contribution in [0.3, 0.4) is 0 Å². The van der Waals surface area contributed by atoms with Gasteiger partial charge in [-0.15, -0.1) is 0 Å². The van der Waals surface area contributed by atoms with E-state index >= 15 is 0 Å². The van der Waals surface area contributed by atoms with Gasteiger partial charge in [0, 0.05) is 6.04 Å². The fourth-order valence-corrected chi connectivity index (χ4v) is 2.45. The second-order valence-corrected chi connectivity index (χ2v) is 5.82. The van der Waals surface area contributed by atoms with E-state index in [0.29, 0.717) is 0 Å². The number of rotatable bonds is 4. The Morgan fingerprint density at radius 3 is 2.06 bits per heavy atom. The molecule has 0 radical (unpaired) electrons. The van der Waals surface area contributed by atoms with Crippen molar-refractivity contribution < 1.29 is 12.8 Å². The summed E-state index contributed by atoms with van der Waals surface area (Å²) in [4.78, 5) is 0.0846. The highest BCUT2D eigenvalue weighted by atomic mass is 32.2. The molecule has 0 aliphatic carbocycles. The molecular formula is C11H16FNO2S. The minimum atomic E-state index is -3.54. The smallest absolute Gasteiger partial charge is 0.208 e. The van der Waals surface area contributed by atoms with E-state index in [0.717, 1.165) is 12.1 Å². The van der Waals surface area contributed by atoms with Crippen LogP contribution in [0.1, 0.15) is 20.8 Å². The molecule has 1 N–H and O–H groups in total. The molecule has 1 aromatic carbocycles. The molecule has 1 rings (SSSR count). The van der Waals surface area contributed by atoms with Crippen LogP contribution in [0.15, 0.2) is 29.2 Å². The van der Waals surface area contributed by atoms with E-state index in [9.17, 15) is 12.8 Å². The zero-order valence-corrected chi connectivity index (χ0v) is 10.4. The second kappa shape index (κ2) is 4.93. The van der Waals surface area contributed by atoms with Crippen molar-refractivity contribution in [3.05, 3.63) is 30.1 Å². The maximum absolute atomic E-state index is 12.7. The highest BCUT2D eigenvalue weighted by Gasteiger charge is 2.18. The molecule has 0 saturated heterocycles. The standard InChI is InChI=1S/C11H16FNO2S/c1-8(2)9(3)13-16(14,15)11-6-4-10(12)5-7-11/h4-9,13H,1-3H3/t9-/m1/s1. The van der Waals surface area contributed by atoms with E-state index in [1.807, 2.05) is 13.8 Å². The van der Waals surface area contributed by atoms with Crippen LogP contribution in [0, 0.1) is 11.7 Å². The highest BCUT2D eigenvalue weighted by molar-refractivity contribution is 7.89. The molecule has 1 atom stereocenters. The van der Waals surface area contributed by atoms with Crippen LogP contribution in [-0.2, 0) is 10.0 Å². The minimum Gasteiger partial charge on any atom is -0.208 e. The van der Waals surface area contributed by atoms with E-state index in [4.69, 9.17) is 0 Å². The van der Waals surface area contributed by atoms with Crippen molar-refractivity contribution in [3.63, 3.8) is 0 Å². The first-order chi connectivity index (χ1) is 7.33. The van der Waals surface area contributed by atoms with Gasteiger partial charge in [-0.2, -0.15) is 0 Å². The number of benzene rings is 1. The van der Waals surface area contributed by atoms with Gasteiger partial charge in [-0.3, -0.25) is 0 Å². The predicted molar refractivity (Wildman–Crippen MR) is 61.0 cm³/mol. The first-order valence-corrected chi connectivity index (χ1v) is 6.59. The summed E-state index contributed by atoms with van der Waals surface area (Å²) in [7, 11) is -3.54. The van der Waals surface area contributed by atoms with Crippen LogP contribution in [0.5, 0.6) is 0 Å². The summed E-state index contributed by atoms with van der Waals surface area (Å²) >= 11 is 0. The Morgan fingerprint density at radius 2 is 1.62 bits per heavy atom. The van der Waals surface area contributed by atoms with Crippen LogP contribution >= 0.6 is 0 Å². The van der Waals surface area contributed by atoms with Crippen LogP contribution in [-0.4, -0.2) is 14.5 Å². The van der Waals surface area contributed by atoms with Gasteiger partial charge in [0.25, 0.3) is 0 Å². The van der Waals surface area contributed by atoms with Gasteiger partial charge >= 0.3 is 0 Å². The van der Waals surface area contributed by atoms with E-state index in [1.165, 1.54) is 12.1 Å². The van der Waals surface area contributed by atoms with E-state index in [1.54, 1.807) is 6.92 Å². The third kappa shape index (κ3) is 3.28. The molecule has 0 aromatic heterocycles. The topological polar surface area (TPSA) is 46.2 Å². The van der Waals surface area contributed by atoms with Gasteiger partial charge in [0.05, 0.1) is 4.90 Å². The minimum absolute atomic E-state index is 0.0846. The van der Waals surface area contributed by atoms with Crippen molar-refractivity contribution in [2.24, 2.45) is 5.92 Å². The van der Waals surface area contributed by atoms with Crippen LogP contribution in [0.2, 0.25) is 0 Å². The maximum atomic E-state index is 12.7. The zero-order chi connectivity index (χ0) is 12.3. The van der Waals surface area contributed by atoms with E-state index in [-0.39, 0.29) is 16.9 Å². The lowest BCUT2D eigenvalue weighted by molar-refractivity contribution is 0.476. The van der Waals surface area contributed by atoms with Crippen molar-refractivity contribution in [3.8, 4) is 0 Å². The number of hydrogen-bond donors (Lipinski definition) is 1. The molecule has 3 nitrogen and oxygen atoms in total. The molecule has 0 bridgehead atoms. The van der Waals surface area contributed by atoms with Gasteiger partial charge in [-0.1, -0.05) is 13.8 Å². The molecule has 90 valence electrons. The molecule has 0 aliphatic heterocycles. The Morgan fingerprint density at radius 1 is 1.12 bits per heavy atom. The molecule has 0 fully saturated rings. The number of hydrogen-bond acceptors (Lipinski definition) is 2. The quantitative estimate of drug-likeness (QED) is 0.883. The Kier molecular flexibility index (Phi) is 4.04. The lowest BCUT2D eigenvalue weighted by Crippen LogP contribution is -2.36. The molecular weight excluding hydrogens is 229 g/mol. The molecule has 0 saturated carbocycles. The zero-order valence-electron chi connectivity index (χ0n) is 9.57. The summed E-state index contributed by atoms with van der Waals surface area (Å²) in [5, 5.41) is 0. The van der Waals surface area contributed by atoms with Gasteiger partial charge in [0.2, 0.25) is 10.0 Å². The first kappa shape index (κ1) is 13.1. The third-order valence-electron chi connectivity index (χ3n) is 2.46. The summed E-state index contributed by atoms with van der Waals surface area (Å²) in [6.45, 7) is 5.65. The molecule has 5 heteroatoms. The van der Waals surface area contributed by atoms with Gasteiger partial charge in [0.15, 0.2) is 0 Å². The predicted octanol–water partition coefficient (Wildman–Crippen LogP) is 2.15. The lowest BCUT2D eigenvalue weighted by atomic mass is 10.1. The Labute approximate surface area is 95.7 Å².